The Bertz CT molecular complexity index is 370. The molecule has 0 radical (unpaired) electrons. The van der Waals surface area contributed by atoms with Crippen molar-refractivity contribution in [3.05, 3.63) is 34.3 Å². The monoisotopic (exact) mass is 265 g/mol. The number of hydrogen-bond acceptors (Lipinski definition) is 1. The van der Waals surface area contributed by atoms with Crippen LogP contribution in [0.15, 0.2) is 28.7 Å². The van der Waals surface area contributed by atoms with Gasteiger partial charge in [0.25, 0.3) is 0 Å². The van der Waals surface area contributed by atoms with Crippen LogP contribution in [0.2, 0.25) is 0 Å². The van der Waals surface area contributed by atoms with E-state index in [0.29, 0.717) is 10.8 Å². The Morgan fingerprint density at radius 2 is 1.73 bits per heavy atom. The van der Waals surface area contributed by atoms with E-state index in [4.69, 9.17) is 5.73 Å². The van der Waals surface area contributed by atoms with Gasteiger partial charge in [-0.1, -0.05) is 28.1 Å². The summed E-state index contributed by atoms with van der Waals surface area (Å²) in [5.41, 5.74) is 8.43. The van der Waals surface area contributed by atoms with Crippen molar-refractivity contribution in [1.82, 2.24) is 0 Å². The third-order valence-corrected chi connectivity index (χ3v) is 4.76. The van der Waals surface area contributed by atoms with E-state index in [-0.39, 0.29) is 0 Å². The maximum atomic E-state index is 5.98. The highest BCUT2D eigenvalue weighted by molar-refractivity contribution is 9.10. The molecule has 15 heavy (non-hydrogen) atoms. The number of halogens is 1. The fraction of sp³-hybridized carbons (Fsp3) is 0.538. The molecule has 2 saturated carbocycles. The molecule has 1 spiro atoms. The highest BCUT2D eigenvalue weighted by Crippen LogP contribution is 2.68. The van der Waals surface area contributed by atoms with E-state index in [1.165, 1.54) is 31.2 Å². The predicted molar refractivity (Wildman–Crippen MR) is 65.8 cm³/mol. The summed E-state index contributed by atoms with van der Waals surface area (Å²) < 4.78 is 1.15. The van der Waals surface area contributed by atoms with Crippen LogP contribution in [0, 0.1) is 5.41 Å². The number of hydrogen-bond donors (Lipinski definition) is 1. The summed E-state index contributed by atoms with van der Waals surface area (Å²) in [5.74, 6) is 0. The minimum absolute atomic E-state index is 0.303. The molecule has 0 aliphatic heterocycles. The van der Waals surface area contributed by atoms with Crippen LogP contribution in [-0.4, -0.2) is 6.54 Å². The van der Waals surface area contributed by atoms with Crippen molar-refractivity contribution in [2.24, 2.45) is 11.1 Å². The Balaban J connectivity index is 1.88. The molecule has 80 valence electrons. The molecule has 2 N–H and O–H groups in total. The number of benzene rings is 1. The van der Waals surface area contributed by atoms with Crippen molar-refractivity contribution in [3.8, 4) is 0 Å². The minimum atomic E-state index is 0.303. The topological polar surface area (TPSA) is 26.0 Å². The molecule has 0 saturated heterocycles. The Morgan fingerprint density at radius 3 is 2.20 bits per heavy atom. The van der Waals surface area contributed by atoms with E-state index in [0.717, 1.165) is 11.0 Å². The smallest absolute Gasteiger partial charge is 0.0175 e. The molecule has 2 aliphatic carbocycles. The fourth-order valence-corrected chi connectivity index (χ4v) is 3.45. The van der Waals surface area contributed by atoms with Crippen LogP contribution < -0.4 is 5.73 Å². The summed E-state index contributed by atoms with van der Waals surface area (Å²) in [4.78, 5) is 0. The van der Waals surface area contributed by atoms with Crippen molar-refractivity contribution in [2.45, 2.75) is 31.1 Å². The van der Waals surface area contributed by atoms with Crippen LogP contribution in [0.3, 0.4) is 0 Å². The first kappa shape index (κ1) is 9.86. The molecule has 0 bridgehead atoms. The molecular weight excluding hydrogens is 250 g/mol. The maximum absolute atomic E-state index is 5.98. The van der Waals surface area contributed by atoms with Gasteiger partial charge in [-0.2, -0.15) is 0 Å². The van der Waals surface area contributed by atoms with Crippen LogP contribution in [0.25, 0.3) is 0 Å². The third kappa shape index (κ3) is 1.46. The minimum Gasteiger partial charge on any atom is -0.330 e. The zero-order valence-electron chi connectivity index (χ0n) is 8.80. The van der Waals surface area contributed by atoms with Gasteiger partial charge in [-0.25, -0.2) is 0 Å². The zero-order valence-corrected chi connectivity index (χ0v) is 10.4. The van der Waals surface area contributed by atoms with Gasteiger partial charge in [-0.15, -0.1) is 0 Å². The molecule has 0 aromatic heterocycles. The lowest BCUT2D eigenvalue weighted by atomic mass is 9.56. The SMILES string of the molecule is NCC1(c2ccc(Br)cc2)CC2(CC2)C1. The summed E-state index contributed by atoms with van der Waals surface area (Å²) in [7, 11) is 0. The second-order valence-corrected chi connectivity index (χ2v) is 6.26. The Labute approximate surface area is 99.2 Å². The highest BCUT2D eigenvalue weighted by Gasteiger charge is 2.60. The van der Waals surface area contributed by atoms with Crippen molar-refractivity contribution >= 4 is 15.9 Å². The van der Waals surface area contributed by atoms with Gasteiger partial charge >= 0.3 is 0 Å². The van der Waals surface area contributed by atoms with Crippen molar-refractivity contribution in [1.29, 1.82) is 0 Å². The van der Waals surface area contributed by atoms with E-state index in [1.54, 1.807) is 0 Å². The second-order valence-electron chi connectivity index (χ2n) is 5.34. The molecule has 1 aromatic carbocycles. The first-order valence-electron chi connectivity index (χ1n) is 5.64. The van der Waals surface area contributed by atoms with E-state index in [2.05, 4.69) is 40.2 Å². The van der Waals surface area contributed by atoms with Gasteiger partial charge in [0.2, 0.25) is 0 Å². The van der Waals surface area contributed by atoms with Gasteiger partial charge in [0.15, 0.2) is 0 Å². The van der Waals surface area contributed by atoms with Gasteiger partial charge in [-0.05, 0) is 48.8 Å². The van der Waals surface area contributed by atoms with Gasteiger partial charge in [-0.3, -0.25) is 0 Å². The lowest BCUT2D eigenvalue weighted by Gasteiger charge is -2.48. The number of rotatable bonds is 2. The van der Waals surface area contributed by atoms with Crippen LogP contribution in [0.5, 0.6) is 0 Å². The van der Waals surface area contributed by atoms with Crippen molar-refractivity contribution < 1.29 is 0 Å². The van der Waals surface area contributed by atoms with Crippen LogP contribution in [0.1, 0.15) is 31.2 Å². The zero-order chi connectivity index (χ0) is 10.5. The molecule has 1 aromatic rings. The quantitative estimate of drug-likeness (QED) is 0.873. The first-order valence-corrected chi connectivity index (χ1v) is 6.44. The summed E-state index contributed by atoms with van der Waals surface area (Å²) >= 11 is 3.48. The summed E-state index contributed by atoms with van der Waals surface area (Å²) in [6.45, 7) is 0.802. The first-order chi connectivity index (χ1) is 7.18. The second kappa shape index (κ2) is 3.08. The van der Waals surface area contributed by atoms with Gasteiger partial charge < -0.3 is 5.73 Å². The lowest BCUT2D eigenvalue weighted by molar-refractivity contribution is 0.126. The van der Waals surface area contributed by atoms with E-state index in [1.807, 2.05) is 0 Å². The molecular formula is C13H16BrN. The molecule has 0 heterocycles. The number of nitrogens with two attached hydrogens (primary N) is 1. The molecule has 3 rings (SSSR count). The van der Waals surface area contributed by atoms with Gasteiger partial charge in [0, 0.05) is 16.4 Å². The summed E-state index contributed by atoms with van der Waals surface area (Å²) in [6.07, 6.45) is 5.51. The van der Waals surface area contributed by atoms with Crippen LogP contribution in [0.4, 0.5) is 0 Å². The molecule has 0 unspecified atom stereocenters. The summed E-state index contributed by atoms with van der Waals surface area (Å²) in [5, 5.41) is 0. The van der Waals surface area contributed by atoms with E-state index >= 15 is 0 Å². The standard InChI is InChI=1S/C13H16BrN/c14-11-3-1-10(2-4-11)13(9-15)7-12(8-13)5-6-12/h1-4H,5-9,15H2. The van der Waals surface area contributed by atoms with E-state index in [9.17, 15) is 0 Å². The molecule has 2 fully saturated rings. The highest BCUT2D eigenvalue weighted by atomic mass is 79.9. The average molecular weight is 266 g/mol. The largest absolute Gasteiger partial charge is 0.330 e. The molecule has 2 heteroatoms. The van der Waals surface area contributed by atoms with Crippen molar-refractivity contribution in [3.63, 3.8) is 0 Å². The Morgan fingerprint density at radius 1 is 1.13 bits per heavy atom. The van der Waals surface area contributed by atoms with Crippen LogP contribution in [-0.2, 0) is 5.41 Å². The summed E-state index contributed by atoms with van der Waals surface area (Å²) in [6, 6.07) is 8.72. The molecule has 2 aliphatic rings. The van der Waals surface area contributed by atoms with Gasteiger partial charge in [0.1, 0.15) is 0 Å². The normalized spacial score (nSPS) is 24.9. The molecule has 0 amide bonds. The molecule has 0 atom stereocenters. The molecule has 1 nitrogen and oxygen atoms in total. The van der Waals surface area contributed by atoms with Crippen LogP contribution >= 0.6 is 15.9 Å². The van der Waals surface area contributed by atoms with Gasteiger partial charge in [0.05, 0.1) is 0 Å². The fourth-order valence-electron chi connectivity index (χ4n) is 3.18. The van der Waals surface area contributed by atoms with E-state index < -0.39 is 0 Å². The Hall–Kier alpha value is -0.340. The predicted octanol–water partition coefficient (Wildman–Crippen LogP) is 3.22. The van der Waals surface area contributed by atoms with Crippen molar-refractivity contribution in [2.75, 3.05) is 6.54 Å². The average Bonchev–Trinajstić information content (AvgIpc) is 2.96. The Kier molecular flexibility index (Phi) is 2.02. The lowest BCUT2D eigenvalue weighted by Crippen LogP contribution is -2.48. The maximum Gasteiger partial charge on any atom is 0.0175 e. The third-order valence-electron chi connectivity index (χ3n) is 4.23.